The van der Waals surface area contributed by atoms with Crippen LogP contribution in [-0.4, -0.2) is 23.3 Å². The van der Waals surface area contributed by atoms with Crippen LogP contribution in [0.4, 0.5) is 0 Å². The molecule has 0 fully saturated rings. The lowest BCUT2D eigenvalue weighted by Crippen LogP contribution is -2.47. The van der Waals surface area contributed by atoms with E-state index in [9.17, 15) is 9.59 Å². The van der Waals surface area contributed by atoms with E-state index in [4.69, 9.17) is 12.2 Å². The number of carbonyl (C=O) groups excluding carboxylic acids is 2. The first-order valence-corrected chi connectivity index (χ1v) is 9.88. The molecule has 0 aliphatic rings. The van der Waals surface area contributed by atoms with Crippen molar-refractivity contribution in [2.75, 3.05) is 6.54 Å². The number of carbonyl (C=O) groups is 2. The molecule has 0 saturated heterocycles. The van der Waals surface area contributed by atoms with Crippen molar-refractivity contribution >= 4 is 29.0 Å². The molecule has 6 heteroatoms. The highest BCUT2D eigenvalue weighted by molar-refractivity contribution is 7.80. The smallest absolute Gasteiger partial charge is 0.238 e. The van der Waals surface area contributed by atoms with Gasteiger partial charge in [0.05, 0.1) is 0 Å². The van der Waals surface area contributed by atoms with Crippen molar-refractivity contribution in [2.45, 2.75) is 33.1 Å². The van der Waals surface area contributed by atoms with Crippen molar-refractivity contribution in [3.05, 3.63) is 60.2 Å². The van der Waals surface area contributed by atoms with Gasteiger partial charge >= 0.3 is 0 Å². The lowest BCUT2D eigenvalue weighted by Gasteiger charge is -2.12. The largest absolute Gasteiger partial charge is 0.361 e. The molecular weight excluding hydrogens is 370 g/mol. The fourth-order valence-corrected chi connectivity index (χ4v) is 2.71. The van der Waals surface area contributed by atoms with E-state index in [1.165, 1.54) is 0 Å². The average Bonchev–Trinajstić information content (AvgIpc) is 2.71. The Labute approximate surface area is 171 Å². The summed E-state index contributed by atoms with van der Waals surface area (Å²) in [5, 5.41) is 3.39. The molecule has 5 nitrogen and oxygen atoms in total. The van der Waals surface area contributed by atoms with Gasteiger partial charge in [0.15, 0.2) is 10.9 Å². The van der Waals surface area contributed by atoms with Gasteiger partial charge in [0.2, 0.25) is 5.91 Å². The van der Waals surface area contributed by atoms with Crippen LogP contribution in [0.25, 0.3) is 11.1 Å². The minimum Gasteiger partial charge on any atom is -0.361 e. The molecule has 148 valence electrons. The molecule has 28 heavy (non-hydrogen) atoms. The van der Waals surface area contributed by atoms with Crippen LogP contribution >= 0.6 is 12.2 Å². The van der Waals surface area contributed by atoms with E-state index in [2.05, 4.69) is 30.0 Å². The van der Waals surface area contributed by atoms with Crippen molar-refractivity contribution in [2.24, 2.45) is 5.92 Å². The van der Waals surface area contributed by atoms with Gasteiger partial charge in [-0.1, -0.05) is 68.4 Å². The van der Waals surface area contributed by atoms with Gasteiger partial charge in [0.1, 0.15) is 0 Å². The molecule has 0 spiro atoms. The Hall–Kier alpha value is -2.73. The molecule has 0 aromatic heterocycles. The number of hydrogen-bond acceptors (Lipinski definition) is 3. The summed E-state index contributed by atoms with van der Waals surface area (Å²) < 4.78 is 0. The first kappa shape index (κ1) is 21.6. The standard InChI is InChI=1S/C22H27N3O2S/c1-16(2)14-15-23-22(28)25-24-21(27)13-12-20(26)19-10-8-18(9-11-19)17-6-4-3-5-7-17/h3-11,16H,12-15H2,1-2H3,(H,24,27)(H2,23,25,28). The number of hydrogen-bond donors (Lipinski definition) is 3. The van der Waals surface area contributed by atoms with E-state index in [-0.39, 0.29) is 24.5 Å². The summed E-state index contributed by atoms with van der Waals surface area (Å²) in [6.07, 6.45) is 1.24. The van der Waals surface area contributed by atoms with Crippen molar-refractivity contribution in [1.29, 1.82) is 0 Å². The Morgan fingerprint density at radius 2 is 1.54 bits per heavy atom. The average molecular weight is 398 g/mol. The van der Waals surface area contributed by atoms with Gasteiger partial charge in [-0.15, -0.1) is 0 Å². The van der Waals surface area contributed by atoms with Gasteiger partial charge in [0.25, 0.3) is 0 Å². The van der Waals surface area contributed by atoms with E-state index in [1.807, 2.05) is 42.5 Å². The molecule has 0 unspecified atom stereocenters. The van der Waals surface area contributed by atoms with Crippen LogP contribution < -0.4 is 16.2 Å². The van der Waals surface area contributed by atoms with Crippen LogP contribution in [0.5, 0.6) is 0 Å². The van der Waals surface area contributed by atoms with E-state index in [0.29, 0.717) is 16.6 Å². The number of benzene rings is 2. The SMILES string of the molecule is CC(C)CCNC(=S)NNC(=O)CCC(=O)c1ccc(-c2ccccc2)cc1. The number of ketones is 1. The van der Waals surface area contributed by atoms with E-state index < -0.39 is 0 Å². The first-order valence-electron chi connectivity index (χ1n) is 9.47. The van der Waals surface area contributed by atoms with Crippen molar-refractivity contribution in [3.8, 4) is 11.1 Å². The van der Waals surface area contributed by atoms with Crippen LogP contribution in [0.3, 0.4) is 0 Å². The molecule has 0 radical (unpaired) electrons. The van der Waals surface area contributed by atoms with Crippen LogP contribution in [0.1, 0.15) is 43.5 Å². The molecule has 0 aliphatic heterocycles. The second-order valence-corrected chi connectivity index (χ2v) is 7.39. The summed E-state index contributed by atoms with van der Waals surface area (Å²) in [7, 11) is 0. The van der Waals surface area contributed by atoms with Gasteiger partial charge in [-0.25, -0.2) is 0 Å². The molecule has 0 saturated carbocycles. The fourth-order valence-electron chi connectivity index (χ4n) is 2.56. The second kappa shape index (κ2) is 11.2. The molecule has 2 aromatic rings. The maximum absolute atomic E-state index is 12.3. The molecule has 0 heterocycles. The molecule has 0 atom stereocenters. The van der Waals surface area contributed by atoms with Crippen LogP contribution in [0.2, 0.25) is 0 Å². The third-order valence-corrected chi connectivity index (χ3v) is 4.46. The van der Waals surface area contributed by atoms with Crippen LogP contribution in [0.15, 0.2) is 54.6 Å². The highest BCUT2D eigenvalue weighted by Gasteiger charge is 2.10. The Morgan fingerprint density at radius 3 is 2.18 bits per heavy atom. The van der Waals surface area contributed by atoms with E-state index in [0.717, 1.165) is 24.1 Å². The predicted molar refractivity (Wildman–Crippen MR) is 117 cm³/mol. The summed E-state index contributed by atoms with van der Waals surface area (Å²) in [5.41, 5.74) is 7.93. The minimum atomic E-state index is -0.276. The van der Waals surface area contributed by atoms with Gasteiger partial charge in [-0.05, 0) is 35.7 Å². The summed E-state index contributed by atoms with van der Waals surface area (Å²) in [6, 6.07) is 17.4. The number of thiocarbonyl (C=S) groups is 1. The monoisotopic (exact) mass is 397 g/mol. The zero-order chi connectivity index (χ0) is 20.4. The van der Waals surface area contributed by atoms with Gasteiger partial charge in [-0.3, -0.25) is 20.4 Å². The highest BCUT2D eigenvalue weighted by Crippen LogP contribution is 2.19. The van der Waals surface area contributed by atoms with Crippen molar-refractivity contribution < 1.29 is 9.59 Å². The molecular formula is C22H27N3O2S. The zero-order valence-electron chi connectivity index (χ0n) is 16.3. The highest BCUT2D eigenvalue weighted by atomic mass is 32.1. The molecule has 3 N–H and O–H groups in total. The fraction of sp³-hybridized carbons (Fsp3) is 0.318. The maximum atomic E-state index is 12.3. The maximum Gasteiger partial charge on any atom is 0.238 e. The Bertz CT molecular complexity index is 789. The number of nitrogens with one attached hydrogen (secondary N) is 3. The normalized spacial score (nSPS) is 10.4. The Kier molecular flexibility index (Phi) is 8.62. The molecule has 0 aliphatic carbocycles. The van der Waals surface area contributed by atoms with E-state index >= 15 is 0 Å². The molecule has 0 bridgehead atoms. The second-order valence-electron chi connectivity index (χ2n) is 6.98. The van der Waals surface area contributed by atoms with Gasteiger partial charge < -0.3 is 5.32 Å². The summed E-state index contributed by atoms with van der Waals surface area (Å²) in [5.74, 6) is 0.243. The lowest BCUT2D eigenvalue weighted by atomic mass is 10.0. The third-order valence-electron chi connectivity index (χ3n) is 4.22. The summed E-state index contributed by atoms with van der Waals surface area (Å²) in [4.78, 5) is 24.2. The third kappa shape index (κ3) is 7.48. The van der Waals surface area contributed by atoms with Crippen molar-refractivity contribution in [1.82, 2.24) is 16.2 Å². The Balaban J connectivity index is 1.73. The molecule has 1 amide bonds. The molecule has 2 aromatic carbocycles. The zero-order valence-corrected chi connectivity index (χ0v) is 17.1. The first-order chi connectivity index (χ1) is 13.5. The summed E-state index contributed by atoms with van der Waals surface area (Å²) in [6.45, 7) is 5.01. The summed E-state index contributed by atoms with van der Waals surface area (Å²) >= 11 is 5.09. The predicted octanol–water partition coefficient (Wildman–Crippen LogP) is 3.86. The Morgan fingerprint density at radius 1 is 0.893 bits per heavy atom. The van der Waals surface area contributed by atoms with Crippen molar-refractivity contribution in [3.63, 3.8) is 0 Å². The van der Waals surface area contributed by atoms with E-state index in [1.54, 1.807) is 12.1 Å². The van der Waals surface area contributed by atoms with Crippen LogP contribution in [-0.2, 0) is 4.79 Å². The molecule has 2 rings (SSSR count). The minimum absolute atomic E-state index is 0.0626. The van der Waals surface area contributed by atoms with Gasteiger partial charge in [0, 0.05) is 24.9 Å². The number of Topliss-reactive ketones (excluding diaryl/α,β-unsaturated/α-hetero) is 1. The van der Waals surface area contributed by atoms with Gasteiger partial charge in [-0.2, -0.15) is 0 Å². The number of amides is 1. The quantitative estimate of drug-likeness (QED) is 0.358. The van der Waals surface area contributed by atoms with Crippen LogP contribution in [0, 0.1) is 5.92 Å². The number of hydrazine groups is 1. The topological polar surface area (TPSA) is 70.2 Å². The lowest BCUT2D eigenvalue weighted by molar-refractivity contribution is -0.121. The number of rotatable bonds is 8.